The van der Waals surface area contributed by atoms with Gasteiger partial charge < -0.3 is 23.7 Å². The molecule has 5 atom stereocenters. The summed E-state index contributed by atoms with van der Waals surface area (Å²) in [7, 11) is -9.73. The lowest BCUT2D eigenvalue weighted by Gasteiger charge is -2.41. The number of aliphatic hydroxyl groups excluding tert-OH is 1. The Kier molecular flexibility index (Phi) is 7.29. The average Bonchev–Trinajstić information content (AvgIpc) is 2.70. The van der Waals surface area contributed by atoms with Crippen molar-refractivity contribution in [2.24, 2.45) is 0 Å². The Hall–Kier alpha value is -2.64. The molecule has 17 heteroatoms. The summed E-state index contributed by atoms with van der Waals surface area (Å²) in [6.07, 6.45) is -10.9. The molecule has 1 aromatic heterocycles. The van der Waals surface area contributed by atoms with Crippen LogP contribution in [0.5, 0.6) is 5.75 Å². The van der Waals surface area contributed by atoms with Crippen LogP contribution in [-0.2, 0) is 43.4 Å². The second-order valence-corrected chi connectivity index (χ2v) is 9.04. The Labute approximate surface area is 191 Å². The van der Waals surface area contributed by atoms with Crippen LogP contribution in [0.2, 0.25) is 0 Å². The van der Waals surface area contributed by atoms with Crippen LogP contribution >= 0.6 is 0 Å². The Balaban J connectivity index is 2.03. The van der Waals surface area contributed by atoms with E-state index in [0.29, 0.717) is 10.9 Å². The van der Waals surface area contributed by atoms with Crippen molar-refractivity contribution in [3.63, 3.8) is 0 Å². The number of fused-ring (bicyclic) bond motifs is 1. The number of carbonyl (C=O) groups excluding carboxylic acids is 1. The largest absolute Gasteiger partial charge is 0.467 e. The minimum Gasteiger partial charge on any atom is -0.467 e. The van der Waals surface area contributed by atoms with Gasteiger partial charge in [0.25, 0.3) is 0 Å². The molecule has 3 rings (SSSR count). The van der Waals surface area contributed by atoms with E-state index in [-0.39, 0.29) is 11.3 Å². The molecular formula is C17H18O15S2. The maximum absolute atomic E-state index is 12.1. The number of ether oxygens (including phenoxy) is 3. The SMILES string of the molecule is COC(=O)C1OC(Oc2ccc3c(C)cc(=O)oc3c2)C(OS(=O)(=O)O)C(O)C1OS(=O)(=O)O. The molecule has 1 saturated heterocycles. The van der Waals surface area contributed by atoms with Crippen molar-refractivity contribution in [3.05, 3.63) is 40.2 Å². The van der Waals surface area contributed by atoms with Gasteiger partial charge in [-0.2, -0.15) is 16.8 Å². The predicted molar refractivity (Wildman–Crippen MR) is 107 cm³/mol. The summed E-state index contributed by atoms with van der Waals surface area (Å²) in [5.41, 5.74) is -0.0380. The second-order valence-electron chi connectivity index (χ2n) is 6.94. The number of esters is 1. The molecule has 0 aliphatic carbocycles. The van der Waals surface area contributed by atoms with E-state index in [1.54, 1.807) is 6.92 Å². The minimum atomic E-state index is -5.31. The average molecular weight is 526 g/mol. The summed E-state index contributed by atoms with van der Waals surface area (Å²) in [6.45, 7) is 1.65. The number of aryl methyl sites for hydroxylation is 1. The third-order valence-corrected chi connectivity index (χ3v) is 5.53. The smallest absolute Gasteiger partial charge is 0.397 e. The normalized spacial score (nSPS) is 25.7. The Bertz CT molecular complexity index is 1350. The lowest BCUT2D eigenvalue weighted by molar-refractivity contribution is -0.262. The molecule has 5 unspecified atom stereocenters. The number of hydrogen-bond acceptors (Lipinski definition) is 13. The molecule has 0 radical (unpaired) electrons. The van der Waals surface area contributed by atoms with E-state index in [9.17, 15) is 31.5 Å². The van der Waals surface area contributed by atoms with E-state index in [2.05, 4.69) is 13.1 Å². The first-order valence-electron chi connectivity index (χ1n) is 9.12. The lowest BCUT2D eigenvalue weighted by Crippen LogP contribution is -2.63. The third-order valence-electron chi connectivity index (χ3n) is 4.59. The highest BCUT2D eigenvalue weighted by molar-refractivity contribution is 7.81. The van der Waals surface area contributed by atoms with Crippen molar-refractivity contribution < 1.29 is 62.8 Å². The standard InChI is InChI=1S/C17H18O15S2/c1-7-5-11(18)29-10-6-8(3-4-9(7)10)28-17-14(32-34(24,25)26)12(19)13(31-33(21,22)23)15(30-17)16(20)27-2/h3-6,12-15,17,19H,1-2H3,(H,21,22,23)(H,24,25,26). The number of carbonyl (C=O) groups is 1. The number of rotatable bonds is 7. The number of benzene rings is 1. The number of aliphatic hydroxyl groups is 1. The van der Waals surface area contributed by atoms with Gasteiger partial charge in [0.05, 0.1) is 7.11 Å². The van der Waals surface area contributed by atoms with E-state index in [4.69, 9.17) is 23.0 Å². The molecule has 1 aliphatic heterocycles. The van der Waals surface area contributed by atoms with Gasteiger partial charge in [0.2, 0.25) is 6.29 Å². The van der Waals surface area contributed by atoms with E-state index in [1.807, 2.05) is 0 Å². The topological polar surface area (TPSA) is 222 Å². The molecule has 0 bridgehead atoms. The highest BCUT2D eigenvalue weighted by Gasteiger charge is 2.54. The first kappa shape index (κ1) is 26.0. The molecule has 2 aromatic rings. The summed E-state index contributed by atoms with van der Waals surface area (Å²) >= 11 is 0. The van der Waals surface area contributed by atoms with E-state index < -0.39 is 63.1 Å². The molecule has 0 saturated carbocycles. The van der Waals surface area contributed by atoms with Gasteiger partial charge in [-0.05, 0) is 24.6 Å². The van der Waals surface area contributed by atoms with Crippen LogP contribution in [0.3, 0.4) is 0 Å². The Morgan fingerprint density at radius 2 is 1.65 bits per heavy atom. The molecule has 1 aromatic carbocycles. The fourth-order valence-electron chi connectivity index (χ4n) is 3.23. The Morgan fingerprint density at radius 3 is 2.24 bits per heavy atom. The number of hydrogen-bond donors (Lipinski definition) is 3. The van der Waals surface area contributed by atoms with Crippen LogP contribution in [0.25, 0.3) is 11.0 Å². The Morgan fingerprint density at radius 1 is 1.03 bits per heavy atom. The first-order chi connectivity index (χ1) is 15.7. The molecule has 15 nitrogen and oxygen atoms in total. The molecule has 0 amide bonds. The van der Waals surface area contributed by atoms with Crippen molar-refractivity contribution >= 4 is 37.7 Å². The van der Waals surface area contributed by atoms with E-state index in [1.165, 1.54) is 24.3 Å². The fourth-order valence-corrected chi connectivity index (χ4v) is 4.21. The van der Waals surface area contributed by atoms with E-state index in [0.717, 1.165) is 7.11 Å². The minimum absolute atomic E-state index is 0.0585. The van der Waals surface area contributed by atoms with Gasteiger partial charge in [-0.3, -0.25) is 9.11 Å². The van der Waals surface area contributed by atoms with E-state index >= 15 is 0 Å². The monoisotopic (exact) mass is 526 g/mol. The molecule has 34 heavy (non-hydrogen) atoms. The van der Waals surface area contributed by atoms with Gasteiger partial charge in [-0.1, -0.05) is 0 Å². The maximum Gasteiger partial charge on any atom is 0.397 e. The molecular weight excluding hydrogens is 508 g/mol. The van der Waals surface area contributed by atoms with Crippen molar-refractivity contribution in [1.29, 1.82) is 0 Å². The van der Waals surface area contributed by atoms with Crippen molar-refractivity contribution in [2.45, 2.75) is 37.6 Å². The second kappa shape index (κ2) is 9.55. The van der Waals surface area contributed by atoms with Crippen LogP contribution in [0.4, 0.5) is 0 Å². The highest BCUT2D eigenvalue weighted by Crippen LogP contribution is 2.31. The van der Waals surface area contributed by atoms with Crippen LogP contribution < -0.4 is 10.4 Å². The van der Waals surface area contributed by atoms with Gasteiger partial charge in [0, 0.05) is 17.5 Å². The lowest BCUT2D eigenvalue weighted by atomic mass is 9.99. The molecule has 1 aliphatic rings. The molecule has 1 fully saturated rings. The van der Waals surface area contributed by atoms with Crippen molar-refractivity contribution in [1.82, 2.24) is 0 Å². The zero-order valence-electron chi connectivity index (χ0n) is 17.3. The van der Waals surface area contributed by atoms with Crippen molar-refractivity contribution in [3.8, 4) is 5.75 Å². The quantitative estimate of drug-likeness (QED) is 0.226. The van der Waals surface area contributed by atoms with Crippen LogP contribution in [0.1, 0.15) is 5.56 Å². The fraction of sp³-hybridized carbons (Fsp3) is 0.412. The molecule has 3 N–H and O–H groups in total. The molecule has 0 spiro atoms. The van der Waals surface area contributed by atoms with Gasteiger partial charge in [-0.15, -0.1) is 0 Å². The first-order valence-corrected chi connectivity index (χ1v) is 11.9. The van der Waals surface area contributed by atoms with Gasteiger partial charge in [0.1, 0.15) is 23.5 Å². The summed E-state index contributed by atoms with van der Waals surface area (Å²) in [6, 6.07) is 5.26. The van der Waals surface area contributed by atoms with Gasteiger partial charge in [0.15, 0.2) is 12.2 Å². The highest BCUT2D eigenvalue weighted by atomic mass is 32.3. The third kappa shape index (κ3) is 6.07. The summed E-state index contributed by atoms with van der Waals surface area (Å²) < 4.78 is 91.9. The zero-order valence-corrected chi connectivity index (χ0v) is 18.9. The van der Waals surface area contributed by atoms with Gasteiger partial charge in [-0.25, -0.2) is 18.0 Å². The van der Waals surface area contributed by atoms with Crippen molar-refractivity contribution in [2.75, 3.05) is 7.11 Å². The summed E-state index contributed by atoms with van der Waals surface area (Å²) in [5, 5.41) is 11.1. The van der Waals surface area contributed by atoms with Crippen LogP contribution in [0.15, 0.2) is 33.5 Å². The summed E-state index contributed by atoms with van der Waals surface area (Å²) in [4.78, 5) is 23.8. The maximum atomic E-state index is 12.1. The summed E-state index contributed by atoms with van der Waals surface area (Å²) in [5.74, 6) is -1.44. The zero-order chi connectivity index (χ0) is 25.4. The van der Waals surface area contributed by atoms with Crippen LogP contribution in [-0.4, -0.2) is 74.8 Å². The molecule has 2 heterocycles. The van der Waals surface area contributed by atoms with Crippen LogP contribution in [0, 0.1) is 6.92 Å². The number of methoxy groups -OCH3 is 1. The molecule has 188 valence electrons. The predicted octanol–water partition coefficient (Wildman–Crippen LogP) is -0.885. The van der Waals surface area contributed by atoms with Gasteiger partial charge >= 0.3 is 32.4 Å².